The summed E-state index contributed by atoms with van der Waals surface area (Å²) < 4.78 is 8.06. The number of aromatic nitrogens is 2. The van der Waals surface area contributed by atoms with E-state index in [0.717, 1.165) is 52.3 Å². The van der Waals surface area contributed by atoms with Crippen LogP contribution in [0.1, 0.15) is 47.0 Å². The highest BCUT2D eigenvalue weighted by atomic mass is 35.5. The Kier molecular flexibility index (Phi) is 6.83. The maximum Gasteiger partial charge on any atom is 0.143 e. The van der Waals surface area contributed by atoms with Crippen molar-refractivity contribution in [2.24, 2.45) is 0 Å². The highest BCUT2D eigenvalue weighted by molar-refractivity contribution is 6.31. The van der Waals surface area contributed by atoms with E-state index >= 15 is 0 Å². The number of fused-ring (bicyclic) bond motifs is 1. The fraction of sp³-hybridized carbons (Fsp3) is 0.296. The van der Waals surface area contributed by atoms with E-state index in [-0.39, 0.29) is 0 Å². The molecule has 3 aromatic carbocycles. The second-order valence-corrected chi connectivity index (χ2v) is 8.73. The van der Waals surface area contributed by atoms with Crippen molar-refractivity contribution in [2.75, 3.05) is 6.61 Å². The summed E-state index contributed by atoms with van der Waals surface area (Å²) in [5.74, 6) is 1.52. The molecule has 4 rings (SSSR count). The minimum absolute atomic E-state index is 0.627. The first-order valence-electron chi connectivity index (χ1n) is 11.0. The number of imidazole rings is 1. The molecule has 5 heteroatoms. The minimum Gasteiger partial charge on any atom is -0.494 e. The zero-order chi connectivity index (χ0) is 22.7. The van der Waals surface area contributed by atoms with Gasteiger partial charge < -0.3 is 14.4 Å². The number of hydrogen-bond acceptors (Lipinski definition) is 3. The van der Waals surface area contributed by atoms with Gasteiger partial charge in [0.25, 0.3) is 0 Å². The second kappa shape index (κ2) is 9.76. The molecule has 1 atom stereocenters. The lowest BCUT2D eigenvalue weighted by molar-refractivity contribution is 0.204. The molecular formula is C27H29ClN2O2. The predicted octanol–water partition coefficient (Wildman–Crippen LogP) is 6.56. The number of aliphatic hydroxyl groups excluding tert-OH is 1. The number of aliphatic hydroxyl groups is 1. The van der Waals surface area contributed by atoms with E-state index in [1.54, 1.807) is 0 Å². The van der Waals surface area contributed by atoms with Crippen LogP contribution in [0.15, 0.2) is 60.7 Å². The highest BCUT2D eigenvalue weighted by Crippen LogP contribution is 2.28. The van der Waals surface area contributed by atoms with E-state index in [1.165, 1.54) is 11.1 Å². The van der Waals surface area contributed by atoms with Gasteiger partial charge in [0, 0.05) is 11.6 Å². The van der Waals surface area contributed by atoms with Gasteiger partial charge in [0.15, 0.2) is 0 Å². The molecule has 0 aliphatic rings. The van der Waals surface area contributed by atoms with Crippen molar-refractivity contribution in [2.45, 2.75) is 46.3 Å². The van der Waals surface area contributed by atoms with Gasteiger partial charge in [0.2, 0.25) is 0 Å². The number of benzene rings is 3. The topological polar surface area (TPSA) is 47.3 Å². The van der Waals surface area contributed by atoms with Gasteiger partial charge in [-0.25, -0.2) is 4.98 Å². The Labute approximate surface area is 194 Å². The lowest BCUT2D eigenvalue weighted by atomic mass is 10.1. The Bertz CT molecular complexity index is 1220. The number of nitrogens with zero attached hydrogens (tertiary/aromatic N) is 2. The molecule has 32 heavy (non-hydrogen) atoms. The minimum atomic E-state index is -0.766. The normalized spacial score (nSPS) is 12.3. The van der Waals surface area contributed by atoms with Gasteiger partial charge in [-0.3, -0.25) is 0 Å². The summed E-state index contributed by atoms with van der Waals surface area (Å²) in [4.78, 5) is 4.82. The van der Waals surface area contributed by atoms with E-state index in [4.69, 9.17) is 21.3 Å². The molecule has 1 N–H and O–H groups in total. The van der Waals surface area contributed by atoms with Gasteiger partial charge >= 0.3 is 0 Å². The molecule has 0 aliphatic carbocycles. The number of unbranched alkanes of at least 4 members (excludes halogenated alkanes) is 1. The summed E-state index contributed by atoms with van der Waals surface area (Å²) in [6.07, 6.45) is 1.05. The summed E-state index contributed by atoms with van der Waals surface area (Å²) >= 11 is 6.09. The first-order valence-corrected chi connectivity index (χ1v) is 11.4. The monoisotopic (exact) mass is 448 g/mol. The van der Waals surface area contributed by atoms with Gasteiger partial charge in [-0.15, -0.1) is 0 Å². The van der Waals surface area contributed by atoms with Crippen LogP contribution in [-0.2, 0) is 6.54 Å². The quantitative estimate of drug-likeness (QED) is 0.310. The van der Waals surface area contributed by atoms with Crippen LogP contribution in [0.4, 0.5) is 0 Å². The maximum absolute atomic E-state index is 11.1. The van der Waals surface area contributed by atoms with Crippen LogP contribution in [0.2, 0.25) is 5.02 Å². The van der Waals surface area contributed by atoms with Crippen molar-refractivity contribution < 1.29 is 9.84 Å². The lowest BCUT2D eigenvalue weighted by Gasteiger charge is -2.15. The molecule has 0 fully saturated rings. The van der Waals surface area contributed by atoms with Gasteiger partial charge in [0.1, 0.15) is 17.7 Å². The molecule has 0 radical (unpaired) electrons. The molecule has 4 nitrogen and oxygen atoms in total. The Morgan fingerprint density at radius 1 is 0.938 bits per heavy atom. The molecule has 1 unspecified atom stereocenters. The number of rotatable bonds is 8. The summed E-state index contributed by atoms with van der Waals surface area (Å²) in [5.41, 5.74) is 6.27. The van der Waals surface area contributed by atoms with Crippen molar-refractivity contribution in [1.29, 1.82) is 0 Å². The summed E-state index contributed by atoms with van der Waals surface area (Å²) in [6.45, 7) is 7.57. The Morgan fingerprint density at radius 2 is 1.69 bits per heavy atom. The van der Waals surface area contributed by atoms with Crippen LogP contribution < -0.4 is 4.74 Å². The Morgan fingerprint density at radius 3 is 2.44 bits per heavy atom. The van der Waals surface area contributed by atoms with Gasteiger partial charge in [-0.2, -0.15) is 0 Å². The number of hydrogen-bond donors (Lipinski definition) is 1. The molecule has 1 aromatic heterocycles. The van der Waals surface area contributed by atoms with Crippen molar-refractivity contribution in [3.8, 4) is 5.75 Å². The van der Waals surface area contributed by atoms with E-state index < -0.39 is 6.10 Å². The van der Waals surface area contributed by atoms with E-state index in [1.807, 2.05) is 55.5 Å². The number of ether oxygens (including phenoxy) is 1. The van der Waals surface area contributed by atoms with Crippen LogP contribution in [-0.4, -0.2) is 21.3 Å². The van der Waals surface area contributed by atoms with E-state index in [9.17, 15) is 5.11 Å². The van der Waals surface area contributed by atoms with Gasteiger partial charge in [-0.05, 0) is 86.2 Å². The molecule has 0 amide bonds. The van der Waals surface area contributed by atoms with Gasteiger partial charge in [0.05, 0.1) is 17.6 Å². The molecule has 0 bridgehead atoms. The predicted molar refractivity (Wildman–Crippen MR) is 131 cm³/mol. The molecule has 1 heterocycles. The SMILES string of the molecule is Cc1cc2nc(C(O)c3ccccc3)n(CCCCOc3ccc(Cl)c(C)c3)c2cc1C. The number of halogens is 1. The Hall–Kier alpha value is -2.82. The summed E-state index contributed by atoms with van der Waals surface area (Å²) in [6, 6.07) is 19.7. The molecular weight excluding hydrogens is 420 g/mol. The third-order valence-corrected chi connectivity index (χ3v) is 6.35. The van der Waals surface area contributed by atoms with Crippen LogP contribution in [0, 0.1) is 20.8 Å². The molecule has 166 valence electrons. The van der Waals surface area contributed by atoms with Crippen molar-refractivity contribution in [3.05, 3.63) is 93.8 Å². The van der Waals surface area contributed by atoms with Crippen LogP contribution >= 0.6 is 11.6 Å². The van der Waals surface area contributed by atoms with Crippen LogP contribution in [0.3, 0.4) is 0 Å². The zero-order valence-electron chi connectivity index (χ0n) is 18.8. The fourth-order valence-electron chi connectivity index (χ4n) is 3.90. The van der Waals surface area contributed by atoms with Crippen molar-refractivity contribution in [3.63, 3.8) is 0 Å². The lowest BCUT2D eigenvalue weighted by Crippen LogP contribution is -2.11. The standard InChI is InChI=1S/C27H29ClN2O2/c1-18-16-24-25(17-19(18)2)30(27(29-24)26(31)21-9-5-4-6-10-21)13-7-8-14-32-22-11-12-23(28)20(3)15-22/h4-6,9-12,15-17,26,31H,7-8,13-14H2,1-3H3. The molecule has 4 aromatic rings. The fourth-order valence-corrected chi connectivity index (χ4v) is 4.01. The van der Waals surface area contributed by atoms with Gasteiger partial charge in [-0.1, -0.05) is 41.9 Å². The average Bonchev–Trinajstić information content (AvgIpc) is 3.13. The molecule has 0 aliphatic heterocycles. The smallest absolute Gasteiger partial charge is 0.143 e. The zero-order valence-corrected chi connectivity index (χ0v) is 19.6. The summed E-state index contributed by atoms with van der Waals surface area (Å²) in [5, 5.41) is 11.8. The third-order valence-electron chi connectivity index (χ3n) is 5.93. The van der Waals surface area contributed by atoms with Crippen LogP contribution in [0.25, 0.3) is 11.0 Å². The van der Waals surface area contributed by atoms with Crippen molar-refractivity contribution in [1.82, 2.24) is 9.55 Å². The molecule has 0 saturated carbocycles. The van der Waals surface area contributed by atoms with Crippen molar-refractivity contribution >= 4 is 22.6 Å². The van der Waals surface area contributed by atoms with E-state index in [0.29, 0.717) is 12.4 Å². The Balaban J connectivity index is 1.51. The van der Waals surface area contributed by atoms with Crippen LogP contribution in [0.5, 0.6) is 5.75 Å². The largest absolute Gasteiger partial charge is 0.494 e. The summed E-state index contributed by atoms with van der Waals surface area (Å²) in [7, 11) is 0. The van der Waals surface area contributed by atoms with E-state index in [2.05, 4.69) is 30.5 Å². The number of aryl methyl sites for hydroxylation is 4. The first-order chi connectivity index (χ1) is 15.4. The highest BCUT2D eigenvalue weighted by Gasteiger charge is 2.20. The molecule has 0 spiro atoms. The maximum atomic E-state index is 11.1. The third kappa shape index (κ3) is 4.82. The molecule has 0 saturated heterocycles. The first kappa shape index (κ1) is 22.4. The average molecular weight is 449 g/mol. The second-order valence-electron chi connectivity index (χ2n) is 8.33.